The van der Waals surface area contributed by atoms with Crippen molar-refractivity contribution in [3.05, 3.63) is 29.3 Å². The van der Waals surface area contributed by atoms with E-state index in [1.807, 2.05) is 31.2 Å². The lowest BCUT2D eigenvalue weighted by Gasteiger charge is -2.36. The number of piperazine rings is 1. The first-order valence-electron chi connectivity index (χ1n) is 10.00. The number of benzene rings is 1. The van der Waals surface area contributed by atoms with Crippen LogP contribution in [0.3, 0.4) is 0 Å². The second kappa shape index (κ2) is 9.42. The quantitative estimate of drug-likeness (QED) is 0.727. The Morgan fingerprint density at radius 2 is 1.81 bits per heavy atom. The molecule has 0 spiro atoms. The van der Waals surface area contributed by atoms with Gasteiger partial charge in [-0.15, -0.1) is 0 Å². The van der Waals surface area contributed by atoms with Crippen LogP contribution in [0.1, 0.15) is 39.0 Å². The Balaban J connectivity index is 1.45. The van der Waals surface area contributed by atoms with Gasteiger partial charge >= 0.3 is 6.03 Å². The molecule has 1 atom stereocenters. The van der Waals surface area contributed by atoms with Crippen molar-refractivity contribution in [3.8, 4) is 0 Å². The summed E-state index contributed by atoms with van der Waals surface area (Å²) in [6.07, 6.45) is 5.54. The van der Waals surface area contributed by atoms with Gasteiger partial charge < -0.3 is 15.1 Å². The summed E-state index contributed by atoms with van der Waals surface area (Å²) < 4.78 is 0. The van der Waals surface area contributed by atoms with Crippen molar-refractivity contribution in [1.29, 1.82) is 0 Å². The second-order valence-electron chi connectivity index (χ2n) is 7.62. The van der Waals surface area contributed by atoms with Gasteiger partial charge in [-0.1, -0.05) is 43.0 Å². The number of para-hydroxylation sites is 1. The van der Waals surface area contributed by atoms with E-state index in [9.17, 15) is 9.59 Å². The highest BCUT2D eigenvalue weighted by atomic mass is 35.5. The van der Waals surface area contributed by atoms with Crippen LogP contribution in [0, 0.1) is 0 Å². The maximum atomic E-state index is 12.5. The van der Waals surface area contributed by atoms with Crippen LogP contribution in [-0.2, 0) is 4.79 Å². The third-order valence-corrected chi connectivity index (χ3v) is 6.10. The minimum atomic E-state index is -0.354. The Morgan fingerprint density at radius 1 is 1.15 bits per heavy atom. The molecule has 2 aliphatic rings. The monoisotopic (exact) mass is 393 g/mol. The van der Waals surface area contributed by atoms with E-state index in [1.54, 1.807) is 0 Å². The summed E-state index contributed by atoms with van der Waals surface area (Å²) in [6.45, 7) is 5.24. The van der Waals surface area contributed by atoms with Crippen LogP contribution in [0.25, 0.3) is 0 Å². The van der Waals surface area contributed by atoms with E-state index in [-0.39, 0.29) is 24.0 Å². The van der Waals surface area contributed by atoms with Crippen molar-refractivity contribution in [2.75, 3.05) is 31.1 Å². The van der Waals surface area contributed by atoms with Crippen molar-refractivity contribution in [2.24, 2.45) is 0 Å². The summed E-state index contributed by atoms with van der Waals surface area (Å²) in [4.78, 5) is 28.0. The van der Waals surface area contributed by atoms with E-state index in [2.05, 4.69) is 15.5 Å². The molecule has 1 aliphatic carbocycles. The molecule has 1 saturated heterocycles. The number of carbonyl (C=O) groups is 2. The molecule has 3 rings (SSSR count). The van der Waals surface area contributed by atoms with Crippen molar-refractivity contribution < 1.29 is 14.5 Å². The number of quaternary nitrogens is 1. The molecule has 1 aromatic rings. The first-order chi connectivity index (χ1) is 13.0. The number of carbonyl (C=O) groups excluding carboxylic acids is 2. The van der Waals surface area contributed by atoms with Gasteiger partial charge in [0.1, 0.15) is 0 Å². The molecule has 0 aromatic heterocycles. The summed E-state index contributed by atoms with van der Waals surface area (Å²) in [5.74, 6) is -0.204. The lowest BCUT2D eigenvalue weighted by atomic mass is 9.96. The number of rotatable bonds is 4. The topological polar surface area (TPSA) is 65.9 Å². The highest BCUT2D eigenvalue weighted by molar-refractivity contribution is 6.33. The molecule has 0 radical (unpaired) electrons. The number of imide groups is 1. The van der Waals surface area contributed by atoms with E-state index in [0.29, 0.717) is 0 Å². The van der Waals surface area contributed by atoms with Crippen LogP contribution < -0.4 is 20.4 Å². The van der Waals surface area contributed by atoms with Crippen molar-refractivity contribution in [2.45, 2.75) is 51.1 Å². The highest BCUT2D eigenvalue weighted by Crippen LogP contribution is 2.24. The smallest absolute Gasteiger partial charge is 0.321 e. The van der Waals surface area contributed by atoms with Gasteiger partial charge in [0, 0.05) is 6.04 Å². The average Bonchev–Trinajstić information content (AvgIpc) is 2.68. The van der Waals surface area contributed by atoms with Gasteiger partial charge in [0.15, 0.2) is 6.04 Å². The van der Waals surface area contributed by atoms with Gasteiger partial charge in [0.2, 0.25) is 0 Å². The molecular formula is C20H30ClN4O2+. The number of amides is 3. The molecule has 0 bridgehead atoms. The molecule has 1 heterocycles. The summed E-state index contributed by atoms with van der Waals surface area (Å²) in [7, 11) is 0. The second-order valence-corrected chi connectivity index (χ2v) is 8.02. The molecule has 3 N–H and O–H groups in total. The van der Waals surface area contributed by atoms with E-state index in [4.69, 9.17) is 11.6 Å². The van der Waals surface area contributed by atoms with Crippen LogP contribution in [0.2, 0.25) is 5.02 Å². The molecule has 27 heavy (non-hydrogen) atoms. The lowest BCUT2D eigenvalue weighted by molar-refractivity contribution is -0.914. The van der Waals surface area contributed by atoms with Gasteiger partial charge in [0.25, 0.3) is 5.91 Å². The fourth-order valence-electron chi connectivity index (χ4n) is 4.05. The standard InChI is InChI=1S/C20H29ClN4O2/c1-15(19(26)23-20(27)22-16-7-3-2-4-8-16)24-11-13-25(14-12-24)18-10-6-5-9-17(18)21/h5-6,9-10,15-16H,2-4,7-8,11-14H2,1H3,(H2,22,23,26,27)/p+1/t15-/m0/s1. The third-order valence-electron chi connectivity index (χ3n) is 5.78. The van der Waals surface area contributed by atoms with Crippen molar-refractivity contribution in [3.63, 3.8) is 0 Å². The number of nitrogens with one attached hydrogen (secondary N) is 3. The summed E-state index contributed by atoms with van der Waals surface area (Å²) in [6, 6.07) is 7.44. The Hall–Kier alpha value is -1.79. The van der Waals surface area contributed by atoms with Crippen LogP contribution in [0.15, 0.2) is 24.3 Å². The molecule has 1 aliphatic heterocycles. The SMILES string of the molecule is C[C@@H](C(=O)NC(=O)NC1CCCCC1)[NH+]1CCN(c2ccccc2Cl)CC1. The third kappa shape index (κ3) is 5.36. The average molecular weight is 394 g/mol. The zero-order chi connectivity index (χ0) is 19.2. The summed E-state index contributed by atoms with van der Waals surface area (Å²) >= 11 is 6.29. The molecule has 1 aromatic carbocycles. The van der Waals surface area contributed by atoms with Gasteiger partial charge in [-0.05, 0) is 31.9 Å². The number of nitrogens with zero attached hydrogens (tertiary/aromatic N) is 1. The predicted octanol–water partition coefficient (Wildman–Crippen LogP) is 1.59. The van der Waals surface area contributed by atoms with Crippen LogP contribution in [0.5, 0.6) is 0 Å². The van der Waals surface area contributed by atoms with E-state index in [0.717, 1.165) is 62.6 Å². The van der Waals surface area contributed by atoms with Gasteiger partial charge in [-0.25, -0.2) is 4.79 Å². The van der Waals surface area contributed by atoms with Crippen LogP contribution >= 0.6 is 11.6 Å². The minimum absolute atomic E-state index is 0.202. The van der Waals surface area contributed by atoms with Crippen molar-refractivity contribution in [1.82, 2.24) is 10.6 Å². The summed E-state index contributed by atoms with van der Waals surface area (Å²) in [5.41, 5.74) is 1.04. The van der Waals surface area contributed by atoms with Gasteiger partial charge in [0.05, 0.1) is 36.9 Å². The van der Waals surface area contributed by atoms with E-state index >= 15 is 0 Å². The largest absolute Gasteiger partial charge is 0.359 e. The first kappa shape index (κ1) is 20.0. The van der Waals surface area contributed by atoms with E-state index in [1.165, 1.54) is 11.3 Å². The fraction of sp³-hybridized carbons (Fsp3) is 0.600. The van der Waals surface area contributed by atoms with Crippen LogP contribution in [0.4, 0.5) is 10.5 Å². The number of hydrogen-bond acceptors (Lipinski definition) is 3. The zero-order valence-corrected chi connectivity index (χ0v) is 16.7. The summed E-state index contributed by atoms with van der Waals surface area (Å²) in [5, 5.41) is 6.23. The Kier molecular flexibility index (Phi) is 6.96. The maximum absolute atomic E-state index is 12.5. The minimum Gasteiger partial charge on any atom is -0.359 e. The van der Waals surface area contributed by atoms with Crippen molar-refractivity contribution >= 4 is 29.2 Å². The van der Waals surface area contributed by atoms with Gasteiger partial charge in [-0.2, -0.15) is 0 Å². The number of halogens is 1. The number of urea groups is 1. The van der Waals surface area contributed by atoms with E-state index < -0.39 is 0 Å². The Morgan fingerprint density at radius 3 is 2.48 bits per heavy atom. The molecule has 6 nitrogen and oxygen atoms in total. The lowest BCUT2D eigenvalue weighted by Crippen LogP contribution is -3.19. The van der Waals surface area contributed by atoms with Crippen LogP contribution in [-0.4, -0.2) is 50.2 Å². The Labute approximate surface area is 166 Å². The maximum Gasteiger partial charge on any atom is 0.321 e. The fourth-order valence-corrected chi connectivity index (χ4v) is 4.31. The molecule has 7 heteroatoms. The Bertz CT molecular complexity index is 655. The normalized spacial score (nSPS) is 20.1. The zero-order valence-electron chi connectivity index (χ0n) is 16.0. The molecule has 0 unspecified atom stereocenters. The van der Waals surface area contributed by atoms with Gasteiger partial charge in [-0.3, -0.25) is 10.1 Å². The number of anilines is 1. The molecular weight excluding hydrogens is 364 g/mol. The predicted molar refractivity (Wildman–Crippen MR) is 107 cm³/mol. The molecule has 1 saturated carbocycles. The molecule has 148 valence electrons. The molecule has 2 fully saturated rings. The molecule has 3 amide bonds. The highest BCUT2D eigenvalue weighted by Gasteiger charge is 2.30. The first-order valence-corrected chi connectivity index (χ1v) is 10.4. The number of hydrogen-bond donors (Lipinski definition) is 3.